The summed E-state index contributed by atoms with van der Waals surface area (Å²) in [6.45, 7) is 21.1. The molecule has 3 heterocycles. The minimum Gasteiger partial charge on any atom is -0.478 e. The van der Waals surface area contributed by atoms with Gasteiger partial charge < -0.3 is 24.4 Å². The van der Waals surface area contributed by atoms with E-state index in [2.05, 4.69) is 93.0 Å². The topological polar surface area (TPSA) is 65.5 Å². The summed E-state index contributed by atoms with van der Waals surface area (Å²) in [5, 5.41) is 9.57. The van der Waals surface area contributed by atoms with Gasteiger partial charge in [0.15, 0.2) is 0 Å². The van der Waals surface area contributed by atoms with E-state index in [4.69, 9.17) is 9.47 Å². The van der Waals surface area contributed by atoms with Gasteiger partial charge in [0, 0.05) is 42.9 Å². The van der Waals surface area contributed by atoms with Crippen molar-refractivity contribution in [3.63, 3.8) is 0 Å². The van der Waals surface area contributed by atoms with Gasteiger partial charge in [0.1, 0.15) is 0 Å². The molecule has 2 saturated heterocycles. The van der Waals surface area contributed by atoms with Crippen molar-refractivity contribution >= 4 is 5.97 Å². The summed E-state index contributed by atoms with van der Waals surface area (Å²) < 4.78 is 12.1. The van der Waals surface area contributed by atoms with Gasteiger partial charge in [0.05, 0.1) is 31.5 Å². The highest BCUT2D eigenvalue weighted by Gasteiger charge is 2.27. The summed E-state index contributed by atoms with van der Waals surface area (Å²) in [7, 11) is 0. The molecule has 0 bridgehead atoms. The van der Waals surface area contributed by atoms with Crippen LogP contribution in [0.15, 0.2) is 107 Å². The number of nitrogens with zero attached hydrogens (tertiary/aromatic N) is 3. The van der Waals surface area contributed by atoms with E-state index in [0.717, 1.165) is 56.8 Å². The third kappa shape index (κ3) is 12.2. The lowest BCUT2D eigenvalue weighted by atomic mass is 9.96. The molecule has 1 N–H and O–H groups in total. The average molecular weight is 674 g/mol. The van der Waals surface area contributed by atoms with E-state index in [9.17, 15) is 9.90 Å². The van der Waals surface area contributed by atoms with E-state index in [-0.39, 0.29) is 11.7 Å². The molecule has 0 amide bonds. The Morgan fingerprint density at radius 1 is 1.08 bits per heavy atom. The van der Waals surface area contributed by atoms with E-state index in [1.807, 2.05) is 31.0 Å². The minimum absolute atomic E-state index is 0.100. The molecule has 0 aromatic heterocycles. The molecule has 270 valence electrons. The number of aliphatic carboxylic acids is 1. The van der Waals surface area contributed by atoms with Crippen LogP contribution in [0.1, 0.15) is 87.0 Å². The summed E-state index contributed by atoms with van der Waals surface area (Å²) in [4.78, 5) is 18.7. The Balaban J connectivity index is 0.00000123. The van der Waals surface area contributed by atoms with Gasteiger partial charge in [-0.2, -0.15) is 0 Å². The van der Waals surface area contributed by atoms with Gasteiger partial charge in [0.25, 0.3) is 0 Å². The summed E-state index contributed by atoms with van der Waals surface area (Å²) in [5.41, 5.74) is 6.29. The van der Waals surface area contributed by atoms with Crippen molar-refractivity contribution in [2.45, 2.75) is 99.1 Å². The van der Waals surface area contributed by atoms with Gasteiger partial charge in [-0.15, -0.1) is 0 Å². The van der Waals surface area contributed by atoms with Gasteiger partial charge in [-0.1, -0.05) is 90.5 Å². The van der Waals surface area contributed by atoms with E-state index in [1.54, 1.807) is 12.3 Å². The maximum Gasteiger partial charge on any atom is 0.337 e. The quantitative estimate of drug-likeness (QED) is 0.232. The minimum atomic E-state index is -0.926. The van der Waals surface area contributed by atoms with Crippen LogP contribution in [0.2, 0.25) is 0 Å². The van der Waals surface area contributed by atoms with Gasteiger partial charge in [-0.05, 0) is 93.0 Å². The van der Waals surface area contributed by atoms with Crippen molar-refractivity contribution in [1.29, 1.82) is 0 Å². The highest BCUT2D eigenvalue weighted by molar-refractivity contribution is 5.90. The molecule has 5 aliphatic rings. The van der Waals surface area contributed by atoms with E-state index < -0.39 is 5.97 Å². The molecular weight excluding hydrogens is 610 g/mol. The normalized spacial score (nSPS) is 26.1. The molecule has 0 aromatic rings. The van der Waals surface area contributed by atoms with Crippen molar-refractivity contribution in [2.24, 2.45) is 5.92 Å². The number of ether oxygens (including phenoxy) is 2. The predicted octanol–water partition coefficient (Wildman–Crippen LogP) is 8.94. The molecule has 5 rings (SSSR count). The molecule has 3 atom stereocenters. The summed E-state index contributed by atoms with van der Waals surface area (Å²) in [6.07, 6.45) is 31.4. The fourth-order valence-electron chi connectivity index (χ4n) is 6.35. The molecular formula is C42H63N3O4. The Bertz CT molecular complexity index is 1330. The number of carboxylic acids is 1. The highest BCUT2D eigenvalue weighted by atomic mass is 16.5. The first-order chi connectivity index (χ1) is 23.8. The second-order valence-corrected chi connectivity index (χ2v) is 13.0. The van der Waals surface area contributed by atoms with Crippen LogP contribution in [0.25, 0.3) is 0 Å². The smallest absolute Gasteiger partial charge is 0.337 e. The lowest BCUT2D eigenvalue weighted by Crippen LogP contribution is -2.39. The average Bonchev–Trinajstić information content (AvgIpc) is 3.67. The maximum atomic E-state index is 11.7. The first-order valence-corrected chi connectivity index (χ1v) is 18.8. The predicted molar refractivity (Wildman–Crippen MR) is 204 cm³/mol. The number of carboxylic acid groups (broad SMARTS) is 1. The molecule has 3 aliphatic heterocycles. The molecule has 3 unspecified atom stereocenters. The van der Waals surface area contributed by atoms with Gasteiger partial charge in [0.2, 0.25) is 0 Å². The molecule has 2 fully saturated rings. The SMILES string of the molecule is CC.CCC.CCC(C)/C(C)=C1\C=CC(C(=O)O)=CN1/C=C/C1=C/C=CC(OCC2=CC(N3CCCC3)CC=C2N2CCOCC2)/C=C\C1. The number of morpholine rings is 1. The van der Waals surface area contributed by atoms with Crippen molar-refractivity contribution in [3.05, 3.63) is 107 Å². The molecule has 7 heteroatoms. The standard InChI is InChI=1S/C37H49N3O4.C3H8.C2H6/c1-4-28(2)29(3)35-15-13-31(37(41)42)26-40(35)20-17-30-9-7-11-34(12-8-10-30)44-27-32-25-33(38-18-5-6-19-38)14-16-36(32)39-21-23-43-24-22-39;1-3-2;1-2/h7-9,11-13,15-17,20,25-26,28,33-34H,4-6,10,14,18-19,21-24,27H2,1-3H3,(H,41,42);3H2,1-2H3;1-2H3/b11-7?,12-8-,20-17+,30-9+,35-29+;;. The van der Waals surface area contributed by atoms with Crippen LogP contribution < -0.4 is 0 Å². The van der Waals surface area contributed by atoms with Crippen LogP contribution >= 0.6 is 0 Å². The monoisotopic (exact) mass is 673 g/mol. The third-order valence-electron chi connectivity index (χ3n) is 9.39. The second-order valence-electron chi connectivity index (χ2n) is 13.0. The van der Waals surface area contributed by atoms with Gasteiger partial charge in [-0.25, -0.2) is 4.79 Å². The number of likely N-dealkylation sites (tertiary alicyclic amines) is 1. The van der Waals surface area contributed by atoms with E-state index in [1.165, 1.54) is 49.2 Å². The summed E-state index contributed by atoms with van der Waals surface area (Å²) in [6, 6.07) is 0.461. The lowest BCUT2D eigenvalue weighted by molar-refractivity contribution is -0.132. The number of rotatable bonds is 10. The Morgan fingerprint density at radius 3 is 2.47 bits per heavy atom. The van der Waals surface area contributed by atoms with Crippen molar-refractivity contribution in [3.8, 4) is 0 Å². The Labute approximate surface area is 297 Å². The third-order valence-corrected chi connectivity index (χ3v) is 9.39. The van der Waals surface area contributed by atoms with Crippen molar-refractivity contribution in [2.75, 3.05) is 46.0 Å². The fourth-order valence-corrected chi connectivity index (χ4v) is 6.35. The van der Waals surface area contributed by atoms with Crippen LogP contribution in [0.4, 0.5) is 0 Å². The van der Waals surface area contributed by atoms with Crippen LogP contribution in [0, 0.1) is 5.92 Å². The Hall–Kier alpha value is -3.39. The first-order valence-electron chi connectivity index (χ1n) is 18.8. The van der Waals surface area contributed by atoms with Crippen molar-refractivity contribution in [1.82, 2.24) is 14.7 Å². The highest BCUT2D eigenvalue weighted by Crippen LogP contribution is 2.29. The number of hydrogen-bond donors (Lipinski definition) is 1. The van der Waals surface area contributed by atoms with Crippen LogP contribution in [-0.4, -0.2) is 83.9 Å². The lowest BCUT2D eigenvalue weighted by Gasteiger charge is -2.36. The zero-order valence-electron chi connectivity index (χ0n) is 31.4. The van der Waals surface area contributed by atoms with Crippen LogP contribution in [0.5, 0.6) is 0 Å². The van der Waals surface area contributed by atoms with Gasteiger partial charge >= 0.3 is 5.97 Å². The fraction of sp³-hybridized carbons (Fsp3) is 0.548. The number of allylic oxidation sites excluding steroid dienone is 7. The molecule has 49 heavy (non-hydrogen) atoms. The zero-order chi connectivity index (χ0) is 35.6. The second kappa shape index (κ2) is 21.6. The molecule has 2 aliphatic carbocycles. The summed E-state index contributed by atoms with van der Waals surface area (Å²) >= 11 is 0. The molecule has 7 nitrogen and oxygen atoms in total. The molecule has 0 spiro atoms. The van der Waals surface area contributed by atoms with E-state index in [0.29, 0.717) is 18.6 Å². The first kappa shape index (κ1) is 40.0. The van der Waals surface area contributed by atoms with Crippen molar-refractivity contribution < 1.29 is 19.4 Å². The largest absolute Gasteiger partial charge is 0.478 e. The van der Waals surface area contributed by atoms with Gasteiger partial charge in [-0.3, -0.25) is 4.90 Å². The molecule has 0 radical (unpaired) electrons. The maximum absolute atomic E-state index is 11.7. The zero-order valence-corrected chi connectivity index (χ0v) is 31.4. The van der Waals surface area contributed by atoms with Crippen LogP contribution in [-0.2, 0) is 14.3 Å². The Morgan fingerprint density at radius 2 is 1.80 bits per heavy atom. The van der Waals surface area contributed by atoms with E-state index >= 15 is 0 Å². The molecule has 0 saturated carbocycles. The number of carbonyl (C=O) groups is 1. The van der Waals surface area contributed by atoms with Crippen LogP contribution in [0.3, 0.4) is 0 Å². The number of hydrogen-bond acceptors (Lipinski definition) is 6. The Kier molecular flexibility index (Phi) is 17.7. The molecule has 0 aromatic carbocycles. The summed E-state index contributed by atoms with van der Waals surface area (Å²) in [5.74, 6) is -0.519.